The van der Waals surface area contributed by atoms with E-state index in [1.165, 1.54) is 63.5 Å². The summed E-state index contributed by atoms with van der Waals surface area (Å²) < 4.78 is 0. The van der Waals surface area contributed by atoms with Crippen molar-refractivity contribution in [2.24, 2.45) is 0 Å². The molecule has 0 radical (unpaired) electrons. The normalized spacial score (nSPS) is 13.0. The minimum absolute atomic E-state index is 0.170. The summed E-state index contributed by atoms with van der Waals surface area (Å²) in [6.07, 6.45) is 12.4. The van der Waals surface area contributed by atoms with Gasteiger partial charge in [-0.25, -0.2) is 0 Å². The summed E-state index contributed by atoms with van der Waals surface area (Å²) >= 11 is 0. The first-order valence-corrected chi connectivity index (χ1v) is 10.1. The van der Waals surface area contributed by atoms with E-state index in [9.17, 15) is 0 Å². The number of anilines is 1. The fraction of sp³-hybridized carbons (Fsp3) is 0.727. The van der Waals surface area contributed by atoms with Gasteiger partial charge in [-0.1, -0.05) is 76.5 Å². The average molecular weight is 333 g/mol. The van der Waals surface area contributed by atoms with Crippen molar-refractivity contribution in [2.75, 3.05) is 11.9 Å². The Labute approximate surface area is 150 Å². The van der Waals surface area contributed by atoms with Crippen LogP contribution in [0, 0.1) is 0 Å². The minimum Gasteiger partial charge on any atom is -0.383 e. The maximum atomic E-state index is 3.78. The molecule has 2 heteroatoms. The second-order valence-corrected chi connectivity index (χ2v) is 8.10. The predicted octanol–water partition coefficient (Wildman–Crippen LogP) is 6.39. The van der Waals surface area contributed by atoms with Gasteiger partial charge in [0.05, 0.1) is 0 Å². The van der Waals surface area contributed by atoms with E-state index in [0.717, 1.165) is 6.54 Å². The van der Waals surface area contributed by atoms with Crippen LogP contribution in [0.25, 0.3) is 0 Å². The van der Waals surface area contributed by atoms with Crippen LogP contribution in [0.15, 0.2) is 30.3 Å². The summed E-state index contributed by atoms with van der Waals surface area (Å²) in [5.41, 5.74) is 1.39. The number of rotatable bonds is 13. The molecule has 1 unspecified atom stereocenters. The topological polar surface area (TPSA) is 24.1 Å². The molecule has 24 heavy (non-hydrogen) atoms. The molecule has 1 atom stereocenters. The summed E-state index contributed by atoms with van der Waals surface area (Å²) in [7, 11) is 0. The quantitative estimate of drug-likeness (QED) is 0.409. The summed E-state index contributed by atoms with van der Waals surface area (Å²) in [4.78, 5) is 0. The SMILES string of the molecule is CCCCCCCCCCC(CNc1ccccc1)NC(C)(C)C. The summed E-state index contributed by atoms with van der Waals surface area (Å²) in [6, 6.07) is 11.1. The molecule has 0 heterocycles. The number of hydrogen-bond donors (Lipinski definition) is 2. The fourth-order valence-electron chi connectivity index (χ4n) is 3.16. The molecule has 0 aliphatic carbocycles. The Hall–Kier alpha value is -1.02. The van der Waals surface area contributed by atoms with Crippen LogP contribution in [0.5, 0.6) is 0 Å². The molecule has 0 fully saturated rings. The predicted molar refractivity (Wildman–Crippen MR) is 109 cm³/mol. The van der Waals surface area contributed by atoms with Crippen LogP contribution in [-0.4, -0.2) is 18.1 Å². The van der Waals surface area contributed by atoms with Crippen molar-refractivity contribution >= 4 is 5.69 Å². The molecule has 0 spiro atoms. The van der Waals surface area contributed by atoms with Crippen LogP contribution >= 0.6 is 0 Å². The van der Waals surface area contributed by atoms with Gasteiger partial charge in [0.15, 0.2) is 0 Å². The Kier molecular flexibility index (Phi) is 10.8. The second-order valence-electron chi connectivity index (χ2n) is 8.10. The van der Waals surface area contributed by atoms with Crippen molar-refractivity contribution in [3.8, 4) is 0 Å². The van der Waals surface area contributed by atoms with Gasteiger partial charge in [0.1, 0.15) is 0 Å². The van der Waals surface area contributed by atoms with E-state index in [-0.39, 0.29) is 5.54 Å². The molecule has 1 rings (SSSR count). The second kappa shape index (κ2) is 12.4. The molecule has 138 valence electrons. The van der Waals surface area contributed by atoms with Crippen molar-refractivity contribution in [1.82, 2.24) is 5.32 Å². The van der Waals surface area contributed by atoms with Crippen LogP contribution in [0.3, 0.4) is 0 Å². The van der Waals surface area contributed by atoms with Gasteiger partial charge >= 0.3 is 0 Å². The lowest BCUT2D eigenvalue weighted by molar-refractivity contribution is 0.346. The summed E-state index contributed by atoms with van der Waals surface area (Å²) in [5.74, 6) is 0. The molecule has 1 aromatic rings. The van der Waals surface area contributed by atoms with Gasteiger partial charge in [0.25, 0.3) is 0 Å². The van der Waals surface area contributed by atoms with Crippen molar-refractivity contribution in [3.63, 3.8) is 0 Å². The van der Waals surface area contributed by atoms with Crippen LogP contribution in [-0.2, 0) is 0 Å². The molecule has 1 aromatic carbocycles. The van der Waals surface area contributed by atoms with Gasteiger partial charge in [-0.05, 0) is 39.3 Å². The molecular formula is C22H40N2. The first-order chi connectivity index (χ1) is 11.5. The highest BCUT2D eigenvalue weighted by Crippen LogP contribution is 2.13. The van der Waals surface area contributed by atoms with Crippen molar-refractivity contribution in [2.45, 2.75) is 97.1 Å². The summed E-state index contributed by atoms with van der Waals surface area (Å²) in [5, 5.41) is 7.36. The molecule has 2 N–H and O–H groups in total. The molecule has 0 aromatic heterocycles. The van der Waals surface area contributed by atoms with Crippen LogP contribution in [0.1, 0.15) is 85.5 Å². The third kappa shape index (κ3) is 11.5. The molecule has 0 aliphatic rings. The Morgan fingerprint density at radius 2 is 1.42 bits per heavy atom. The molecular weight excluding hydrogens is 292 g/mol. The zero-order valence-electron chi connectivity index (χ0n) is 16.5. The Balaban J connectivity index is 2.24. The van der Waals surface area contributed by atoms with Crippen molar-refractivity contribution < 1.29 is 0 Å². The average Bonchev–Trinajstić information content (AvgIpc) is 2.54. The molecule has 0 saturated heterocycles. The van der Waals surface area contributed by atoms with Gasteiger partial charge in [-0.3, -0.25) is 0 Å². The van der Waals surface area contributed by atoms with Gasteiger partial charge in [-0.15, -0.1) is 0 Å². The van der Waals surface area contributed by atoms with E-state index >= 15 is 0 Å². The van der Waals surface area contributed by atoms with E-state index in [1.807, 2.05) is 0 Å². The maximum absolute atomic E-state index is 3.78. The van der Waals surface area contributed by atoms with E-state index in [0.29, 0.717) is 6.04 Å². The highest BCUT2D eigenvalue weighted by Gasteiger charge is 2.16. The fourth-order valence-corrected chi connectivity index (χ4v) is 3.16. The third-order valence-corrected chi connectivity index (χ3v) is 4.37. The summed E-state index contributed by atoms with van der Waals surface area (Å²) in [6.45, 7) is 10.1. The Morgan fingerprint density at radius 1 is 0.833 bits per heavy atom. The molecule has 0 aliphatic heterocycles. The molecule has 0 bridgehead atoms. The van der Waals surface area contributed by atoms with E-state index < -0.39 is 0 Å². The van der Waals surface area contributed by atoms with Crippen LogP contribution in [0.2, 0.25) is 0 Å². The Morgan fingerprint density at radius 3 is 2.00 bits per heavy atom. The van der Waals surface area contributed by atoms with E-state index in [4.69, 9.17) is 0 Å². The zero-order chi connectivity index (χ0) is 17.7. The lowest BCUT2D eigenvalue weighted by atomic mass is 10.0. The highest BCUT2D eigenvalue weighted by atomic mass is 15.0. The molecule has 2 nitrogen and oxygen atoms in total. The van der Waals surface area contributed by atoms with Crippen molar-refractivity contribution in [3.05, 3.63) is 30.3 Å². The number of hydrogen-bond acceptors (Lipinski definition) is 2. The number of nitrogens with one attached hydrogen (secondary N) is 2. The highest BCUT2D eigenvalue weighted by molar-refractivity contribution is 5.42. The third-order valence-electron chi connectivity index (χ3n) is 4.37. The first kappa shape index (κ1) is 21.0. The van der Waals surface area contributed by atoms with Crippen LogP contribution in [0.4, 0.5) is 5.69 Å². The van der Waals surface area contributed by atoms with Gasteiger partial charge < -0.3 is 10.6 Å². The number of para-hydroxylation sites is 1. The molecule has 0 saturated carbocycles. The molecule has 0 amide bonds. The van der Waals surface area contributed by atoms with E-state index in [1.54, 1.807) is 0 Å². The lowest BCUT2D eigenvalue weighted by Gasteiger charge is -2.29. The van der Waals surface area contributed by atoms with Crippen molar-refractivity contribution in [1.29, 1.82) is 0 Å². The number of unbranched alkanes of at least 4 members (excludes halogenated alkanes) is 7. The standard InChI is InChI=1S/C22H40N2/c1-5-6-7-8-9-10-11-13-18-21(24-22(2,3)4)19-23-20-16-14-12-15-17-20/h12,14-17,21,23-24H,5-11,13,18-19H2,1-4H3. The zero-order valence-corrected chi connectivity index (χ0v) is 16.5. The Bertz CT molecular complexity index is 394. The largest absolute Gasteiger partial charge is 0.383 e. The monoisotopic (exact) mass is 332 g/mol. The smallest absolute Gasteiger partial charge is 0.0340 e. The van der Waals surface area contributed by atoms with Gasteiger partial charge in [0.2, 0.25) is 0 Å². The van der Waals surface area contributed by atoms with Crippen LogP contribution < -0.4 is 10.6 Å². The first-order valence-electron chi connectivity index (χ1n) is 10.1. The lowest BCUT2D eigenvalue weighted by Crippen LogP contribution is -2.46. The van der Waals surface area contributed by atoms with Gasteiger partial charge in [0, 0.05) is 23.8 Å². The van der Waals surface area contributed by atoms with Gasteiger partial charge in [-0.2, -0.15) is 0 Å². The number of benzene rings is 1. The van der Waals surface area contributed by atoms with E-state index in [2.05, 4.69) is 68.7 Å². The minimum atomic E-state index is 0.170. The maximum Gasteiger partial charge on any atom is 0.0340 e.